The summed E-state index contributed by atoms with van der Waals surface area (Å²) >= 11 is 0. The normalized spacial score (nSPS) is 19.9. The van der Waals surface area contributed by atoms with Crippen LogP contribution in [0.25, 0.3) is 0 Å². The van der Waals surface area contributed by atoms with Gasteiger partial charge >= 0.3 is 0 Å². The fraction of sp³-hybridized carbons (Fsp3) is 0.500. The Labute approximate surface area is 142 Å². The van der Waals surface area contributed by atoms with E-state index in [0.29, 0.717) is 18.7 Å². The Kier molecular flexibility index (Phi) is 4.41. The molecule has 0 saturated heterocycles. The first kappa shape index (κ1) is 16.6. The molecule has 1 amide bonds. The van der Waals surface area contributed by atoms with Crippen molar-refractivity contribution in [2.75, 3.05) is 0 Å². The van der Waals surface area contributed by atoms with Crippen molar-refractivity contribution in [3.8, 4) is 0 Å². The van der Waals surface area contributed by atoms with Crippen molar-refractivity contribution in [1.82, 2.24) is 20.1 Å². The molecule has 0 aliphatic carbocycles. The maximum absolute atomic E-state index is 12.6. The first-order chi connectivity index (χ1) is 11.4. The van der Waals surface area contributed by atoms with Gasteiger partial charge in [-0.15, -0.1) is 0 Å². The zero-order chi connectivity index (χ0) is 17.4. The van der Waals surface area contributed by atoms with Crippen molar-refractivity contribution in [2.45, 2.75) is 52.9 Å². The lowest BCUT2D eigenvalue weighted by atomic mass is 9.99. The molecule has 0 fully saturated rings. The molecular weight excluding hydrogens is 304 g/mol. The molecule has 3 heterocycles. The second-order valence-corrected chi connectivity index (χ2v) is 6.59. The molecular formula is C18H24N4O2. The Bertz CT molecular complexity index is 782. The van der Waals surface area contributed by atoms with Crippen molar-refractivity contribution >= 4 is 5.91 Å². The Balaban J connectivity index is 1.80. The Morgan fingerprint density at radius 3 is 2.88 bits per heavy atom. The molecule has 2 aromatic heterocycles. The van der Waals surface area contributed by atoms with Crippen LogP contribution in [0.1, 0.15) is 58.5 Å². The number of fused-ring (bicyclic) bond motifs is 1. The minimum absolute atomic E-state index is 0.0520. The highest BCUT2D eigenvalue weighted by atomic mass is 16.5. The summed E-state index contributed by atoms with van der Waals surface area (Å²) in [5.41, 5.74) is 5.55. The van der Waals surface area contributed by atoms with Crippen LogP contribution in [0.5, 0.6) is 0 Å². The van der Waals surface area contributed by atoms with Crippen LogP contribution >= 0.6 is 0 Å². The number of carbonyl (C=O) groups is 1. The van der Waals surface area contributed by atoms with Crippen LogP contribution in [0.15, 0.2) is 12.3 Å². The zero-order valence-electron chi connectivity index (χ0n) is 14.9. The monoisotopic (exact) mass is 328 g/mol. The highest BCUT2D eigenvalue weighted by molar-refractivity contribution is 5.94. The predicted octanol–water partition coefficient (Wildman–Crippen LogP) is 2.38. The Hall–Kier alpha value is -2.21. The smallest absolute Gasteiger partial charge is 0.272 e. The lowest BCUT2D eigenvalue weighted by Crippen LogP contribution is -2.28. The number of rotatable bonds is 3. The number of hydrogen-bond donors (Lipinski definition) is 1. The minimum atomic E-state index is -0.157. The van der Waals surface area contributed by atoms with E-state index in [-0.39, 0.29) is 18.1 Å². The highest BCUT2D eigenvalue weighted by Crippen LogP contribution is 2.31. The third-order valence-electron chi connectivity index (χ3n) is 4.46. The highest BCUT2D eigenvalue weighted by Gasteiger charge is 2.31. The van der Waals surface area contributed by atoms with Gasteiger partial charge in [-0.05, 0) is 38.8 Å². The van der Waals surface area contributed by atoms with E-state index >= 15 is 0 Å². The fourth-order valence-corrected chi connectivity index (χ4v) is 3.40. The summed E-state index contributed by atoms with van der Waals surface area (Å²) < 4.78 is 7.60. The van der Waals surface area contributed by atoms with Gasteiger partial charge in [0.05, 0.1) is 30.1 Å². The third-order valence-corrected chi connectivity index (χ3v) is 4.46. The maximum Gasteiger partial charge on any atom is 0.272 e. The molecule has 0 unspecified atom stereocenters. The Morgan fingerprint density at radius 2 is 2.17 bits per heavy atom. The summed E-state index contributed by atoms with van der Waals surface area (Å²) in [5, 5.41) is 7.38. The summed E-state index contributed by atoms with van der Waals surface area (Å²) in [4.78, 5) is 17.0. The van der Waals surface area contributed by atoms with Gasteiger partial charge in [-0.2, -0.15) is 5.10 Å². The number of aryl methyl sites for hydroxylation is 3. The quantitative estimate of drug-likeness (QED) is 0.939. The van der Waals surface area contributed by atoms with E-state index in [4.69, 9.17) is 4.74 Å². The summed E-state index contributed by atoms with van der Waals surface area (Å²) in [5.74, 6) is -0.157. The zero-order valence-corrected chi connectivity index (χ0v) is 14.9. The van der Waals surface area contributed by atoms with Crippen LogP contribution in [0.2, 0.25) is 0 Å². The molecule has 128 valence electrons. The minimum Gasteiger partial charge on any atom is -0.369 e. The standard InChI is InChI=1S/C18H24N4O2/c1-10-6-11(2)15(19-8-10)9-20-18(23)16-14-7-12(3)24-13(4)17(14)22(5)21-16/h6,8,12-13H,7,9H2,1-5H3,(H,20,23)/t12-,13+/m1/s1. The molecule has 1 aliphatic rings. The fourth-order valence-electron chi connectivity index (χ4n) is 3.40. The number of nitrogens with zero attached hydrogens (tertiary/aromatic N) is 3. The predicted molar refractivity (Wildman–Crippen MR) is 90.8 cm³/mol. The average molecular weight is 328 g/mol. The second kappa shape index (κ2) is 6.36. The molecule has 0 bridgehead atoms. The van der Waals surface area contributed by atoms with Crippen LogP contribution in [0.3, 0.4) is 0 Å². The van der Waals surface area contributed by atoms with E-state index in [2.05, 4.69) is 21.5 Å². The lowest BCUT2D eigenvalue weighted by Gasteiger charge is -2.26. The first-order valence-corrected chi connectivity index (χ1v) is 8.28. The van der Waals surface area contributed by atoms with Gasteiger partial charge in [0.1, 0.15) is 0 Å². The van der Waals surface area contributed by atoms with Gasteiger partial charge in [0.25, 0.3) is 5.91 Å². The van der Waals surface area contributed by atoms with Gasteiger partial charge in [0.2, 0.25) is 0 Å². The molecule has 2 atom stereocenters. The first-order valence-electron chi connectivity index (χ1n) is 8.28. The van der Waals surface area contributed by atoms with Crippen molar-refractivity contribution < 1.29 is 9.53 Å². The van der Waals surface area contributed by atoms with E-state index in [1.165, 1.54) is 0 Å². The van der Waals surface area contributed by atoms with E-state index in [0.717, 1.165) is 28.1 Å². The van der Waals surface area contributed by atoms with Gasteiger partial charge in [-0.3, -0.25) is 14.5 Å². The molecule has 2 aromatic rings. The lowest BCUT2D eigenvalue weighted by molar-refractivity contribution is -0.00903. The van der Waals surface area contributed by atoms with Gasteiger partial charge in [0, 0.05) is 25.2 Å². The summed E-state index contributed by atoms with van der Waals surface area (Å²) in [6, 6.07) is 2.07. The number of ether oxygens (including phenoxy) is 1. The van der Waals surface area contributed by atoms with E-state index in [9.17, 15) is 4.79 Å². The molecule has 0 radical (unpaired) electrons. The van der Waals surface area contributed by atoms with E-state index in [1.807, 2.05) is 40.9 Å². The number of nitrogens with one attached hydrogen (secondary N) is 1. The van der Waals surface area contributed by atoms with Gasteiger partial charge in [-0.25, -0.2) is 0 Å². The topological polar surface area (TPSA) is 69.0 Å². The molecule has 1 aliphatic heterocycles. The van der Waals surface area contributed by atoms with E-state index in [1.54, 1.807) is 4.68 Å². The number of hydrogen-bond acceptors (Lipinski definition) is 4. The van der Waals surface area contributed by atoms with Crippen LogP contribution in [-0.4, -0.2) is 26.8 Å². The average Bonchev–Trinajstić information content (AvgIpc) is 2.83. The van der Waals surface area contributed by atoms with Crippen molar-refractivity contribution in [1.29, 1.82) is 0 Å². The number of carbonyl (C=O) groups excluding carboxylic acids is 1. The largest absolute Gasteiger partial charge is 0.369 e. The molecule has 3 rings (SSSR count). The van der Waals surface area contributed by atoms with Crippen LogP contribution in [-0.2, 0) is 24.8 Å². The molecule has 1 N–H and O–H groups in total. The van der Waals surface area contributed by atoms with Gasteiger partial charge in [0.15, 0.2) is 5.69 Å². The molecule has 0 spiro atoms. The van der Waals surface area contributed by atoms with Gasteiger partial charge < -0.3 is 10.1 Å². The van der Waals surface area contributed by atoms with E-state index < -0.39 is 0 Å². The Morgan fingerprint density at radius 1 is 1.42 bits per heavy atom. The number of pyridine rings is 1. The summed E-state index contributed by atoms with van der Waals surface area (Å²) in [7, 11) is 1.86. The molecule has 0 aromatic carbocycles. The van der Waals surface area contributed by atoms with Crippen molar-refractivity contribution in [2.24, 2.45) is 7.05 Å². The van der Waals surface area contributed by atoms with Gasteiger partial charge in [-0.1, -0.05) is 6.07 Å². The molecule has 0 saturated carbocycles. The second-order valence-electron chi connectivity index (χ2n) is 6.59. The van der Waals surface area contributed by atoms with Crippen LogP contribution < -0.4 is 5.32 Å². The molecule has 6 heteroatoms. The maximum atomic E-state index is 12.6. The van der Waals surface area contributed by atoms with Crippen LogP contribution in [0.4, 0.5) is 0 Å². The summed E-state index contributed by atoms with van der Waals surface area (Å²) in [6.45, 7) is 8.43. The van der Waals surface area contributed by atoms with Crippen molar-refractivity contribution in [3.63, 3.8) is 0 Å². The molecule has 6 nitrogen and oxygen atoms in total. The SMILES string of the molecule is Cc1cnc(CNC(=O)c2nn(C)c3c2C[C@@H](C)O[C@H]3C)c(C)c1. The molecule has 24 heavy (non-hydrogen) atoms. The van der Waals surface area contributed by atoms with Crippen LogP contribution in [0, 0.1) is 13.8 Å². The number of amides is 1. The summed E-state index contributed by atoms with van der Waals surface area (Å²) in [6.07, 6.45) is 2.56. The van der Waals surface area contributed by atoms with Crippen molar-refractivity contribution in [3.05, 3.63) is 46.0 Å². The number of aromatic nitrogens is 3. The third kappa shape index (κ3) is 3.06.